The highest BCUT2D eigenvalue weighted by atomic mass is 35.5. The van der Waals surface area contributed by atoms with Gasteiger partial charge in [0.25, 0.3) is 5.69 Å². The predicted molar refractivity (Wildman–Crippen MR) is 66.0 cm³/mol. The molecule has 0 radical (unpaired) electrons. The quantitative estimate of drug-likeness (QED) is 0.486. The summed E-state index contributed by atoms with van der Waals surface area (Å²) in [5, 5.41) is 19.8. The van der Waals surface area contributed by atoms with Gasteiger partial charge in [-0.3, -0.25) is 10.1 Å². The summed E-state index contributed by atoms with van der Waals surface area (Å²) in [6.45, 7) is 0.137. The van der Waals surface area contributed by atoms with Crippen molar-refractivity contribution in [2.24, 2.45) is 0 Å². The number of nitro benzene ring substituents is 1. The van der Waals surface area contributed by atoms with Gasteiger partial charge in [-0.15, -0.1) is 0 Å². The molecule has 0 aliphatic heterocycles. The van der Waals surface area contributed by atoms with Crippen molar-refractivity contribution < 1.29 is 10.0 Å². The predicted octanol–water partition coefficient (Wildman–Crippen LogP) is 2.86. The first-order chi connectivity index (χ1) is 7.66. The molecule has 0 saturated heterocycles. The first-order valence-corrected chi connectivity index (χ1v) is 6.30. The number of nitrogens with zero attached hydrogens (tertiary/aromatic N) is 1. The van der Waals surface area contributed by atoms with Crippen LogP contribution in [0.25, 0.3) is 0 Å². The van der Waals surface area contributed by atoms with Crippen LogP contribution in [0.1, 0.15) is 12.0 Å². The van der Waals surface area contributed by atoms with Gasteiger partial charge in [0.15, 0.2) is 0 Å². The second kappa shape index (κ2) is 6.73. The summed E-state index contributed by atoms with van der Waals surface area (Å²) >= 11 is 7.45. The van der Waals surface area contributed by atoms with E-state index in [1.807, 2.05) is 0 Å². The fourth-order valence-electron chi connectivity index (χ4n) is 1.20. The Balaban J connectivity index is 2.73. The Bertz CT molecular complexity index is 373. The van der Waals surface area contributed by atoms with Gasteiger partial charge in [0.1, 0.15) is 0 Å². The number of rotatable bonds is 6. The maximum atomic E-state index is 10.8. The molecule has 0 amide bonds. The highest BCUT2D eigenvalue weighted by Gasteiger charge is 2.15. The van der Waals surface area contributed by atoms with Crippen LogP contribution in [0.15, 0.2) is 18.2 Å². The van der Waals surface area contributed by atoms with Crippen molar-refractivity contribution in [3.63, 3.8) is 0 Å². The van der Waals surface area contributed by atoms with E-state index in [4.69, 9.17) is 16.7 Å². The number of thioether (sulfide) groups is 1. The van der Waals surface area contributed by atoms with Gasteiger partial charge in [0, 0.05) is 18.4 Å². The molecule has 88 valence electrons. The SMILES string of the molecule is O=[N+]([O-])c1cccc(Cl)c1CSCCCO. The Morgan fingerprint density at radius 3 is 2.88 bits per heavy atom. The van der Waals surface area contributed by atoms with Gasteiger partial charge in [0.2, 0.25) is 0 Å². The zero-order chi connectivity index (χ0) is 12.0. The third kappa shape index (κ3) is 3.66. The summed E-state index contributed by atoms with van der Waals surface area (Å²) in [6, 6.07) is 4.67. The van der Waals surface area contributed by atoms with Crippen LogP contribution in [0.3, 0.4) is 0 Å². The van der Waals surface area contributed by atoms with Crippen molar-refractivity contribution in [3.8, 4) is 0 Å². The van der Waals surface area contributed by atoms with Crippen LogP contribution in [-0.4, -0.2) is 22.4 Å². The van der Waals surface area contributed by atoms with Crippen LogP contribution in [0.4, 0.5) is 5.69 Å². The molecular weight excluding hydrogens is 250 g/mol. The molecule has 1 aromatic rings. The van der Waals surface area contributed by atoms with Gasteiger partial charge in [-0.25, -0.2) is 0 Å². The van der Waals surface area contributed by atoms with Crippen molar-refractivity contribution >= 4 is 29.1 Å². The number of nitro groups is 1. The molecule has 1 N–H and O–H groups in total. The lowest BCUT2D eigenvalue weighted by molar-refractivity contribution is -0.385. The Kier molecular flexibility index (Phi) is 5.59. The maximum absolute atomic E-state index is 10.8. The van der Waals surface area contributed by atoms with E-state index < -0.39 is 4.92 Å². The van der Waals surface area contributed by atoms with Crippen molar-refractivity contribution in [2.45, 2.75) is 12.2 Å². The van der Waals surface area contributed by atoms with Gasteiger partial charge in [-0.2, -0.15) is 11.8 Å². The molecule has 4 nitrogen and oxygen atoms in total. The fraction of sp³-hybridized carbons (Fsp3) is 0.400. The normalized spacial score (nSPS) is 10.4. The molecule has 16 heavy (non-hydrogen) atoms. The fourth-order valence-corrected chi connectivity index (χ4v) is 2.50. The lowest BCUT2D eigenvalue weighted by Gasteiger charge is -2.04. The molecule has 0 aliphatic rings. The number of aliphatic hydroxyl groups excluding tert-OH is 1. The van der Waals surface area contributed by atoms with E-state index in [1.54, 1.807) is 12.1 Å². The molecule has 0 aromatic heterocycles. The van der Waals surface area contributed by atoms with E-state index in [-0.39, 0.29) is 12.3 Å². The van der Waals surface area contributed by atoms with Crippen LogP contribution in [0.2, 0.25) is 5.02 Å². The average Bonchev–Trinajstić information content (AvgIpc) is 2.25. The smallest absolute Gasteiger partial charge is 0.274 e. The van der Waals surface area contributed by atoms with Crippen molar-refractivity contribution in [3.05, 3.63) is 38.9 Å². The molecule has 0 fully saturated rings. The number of benzene rings is 1. The van der Waals surface area contributed by atoms with Crippen LogP contribution < -0.4 is 0 Å². The van der Waals surface area contributed by atoms with E-state index >= 15 is 0 Å². The number of halogens is 1. The van der Waals surface area contributed by atoms with Gasteiger partial charge < -0.3 is 5.11 Å². The van der Waals surface area contributed by atoms with E-state index in [1.165, 1.54) is 17.8 Å². The van der Waals surface area contributed by atoms with Crippen LogP contribution in [-0.2, 0) is 5.75 Å². The summed E-state index contributed by atoms with van der Waals surface area (Å²) in [6.07, 6.45) is 0.683. The zero-order valence-electron chi connectivity index (χ0n) is 8.56. The van der Waals surface area contributed by atoms with Crippen LogP contribution in [0.5, 0.6) is 0 Å². The van der Waals surface area contributed by atoms with Crippen molar-refractivity contribution in [1.29, 1.82) is 0 Å². The molecule has 0 unspecified atom stereocenters. The molecule has 1 rings (SSSR count). The Morgan fingerprint density at radius 1 is 1.50 bits per heavy atom. The topological polar surface area (TPSA) is 63.4 Å². The lowest BCUT2D eigenvalue weighted by Crippen LogP contribution is -1.96. The second-order valence-electron chi connectivity index (χ2n) is 3.12. The molecule has 0 aliphatic carbocycles. The number of hydrogen-bond acceptors (Lipinski definition) is 4. The van der Waals surface area contributed by atoms with Gasteiger partial charge in [-0.05, 0) is 18.2 Å². The van der Waals surface area contributed by atoms with E-state index in [2.05, 4.69) is 0 Å². The summed E-state index contributed by atoms with van der Waals surface area (Å²) in [7, 11) is 0. The van der Waals surface area contributed by atoms with E-state index in [9.17, 15) is 10.1 Å². The third-order valence-electron chi connectivity index (χ3n) is 1.98. The van der Waals surface area contributed by atoms with Gasteiger partial charge >= 0.3 is 0 Å². The standard InChI is InChI=1S/C10H12ClNO3S/c11-9-3-1-4-10(12(14)15)8(9)7-16-6-2-5-13/h1,3-4,13H,2,5-7H2. The lowest BCUT2D eigenvalue weighted by atomic mass is 10.2. The van der Waals surface area contributed by atoms with Crippen molar-refractivity contribution in [2.75, 3.05) is 12.4 Å². The second-order valence-corrected chi connectivity index (χ2v) is 4.64. The minimum atomic E-state index is -0.423. The number of aliphatic hydroxyl groups is 1. The molecule has 6 heteroatoms. The molecule has 1 aromatic carbocycles. The average molecular weight is 262 g/mol. The van der Waals surface area contributed by atoms with E-state index in [0.717, 1.165) is 5.75 Å². The minimum absolute atomic E-state index is 0.0593. The Labute approximate surface area is 103 Å². The first-order valence-electron chi connectivity index (χ1n) is 4.77. The maximum Gasteiger partial charge on any atom is 0.274 e. The summed E-state index contributed by atoms with van der Waals surface area (Å²) < 4.78 is 0. The zero-order valence-corrected chi connectivity index (χ0v) is 10.1. The largest absolute Gasteiger partial charge is 0.396 e. The molecule has 0 atom stereocenters. The summed E-state index contributed by atoms with van der Waals surface area (Å²) in [5.74, 6) is 1.26. The number of hydrogen-bond donors (Lipinski definition) is 1. The summed E-state index contributed by atoms with van der Waals surface area (Å²) in [5.41, 5.74) is 0.612. The van der Waals surface area contributed by atoms with Gasteiger partial charge in [-0.1, -0.05) is 17.7 Å². The molecule has 0 saturated carbocycles. The first kappa shape index (κ1) is 13.3. The highest BCUT2D eigenvalue weighted by molar-refractivity contribution is 7.98. The van der Waals surface area contributed by atoms with Crippen molar-refractivity contribution in [1.82, 2.24) is 0 Å². The molecule has 0 spiro atoms. The monoisotopic (exact) mass is 261 g/mol. The van der Waals surface area contributed by atoms with E-state index in [0.29, 0.717) is 22.8 Å². The summed E-state index contributed by atoms with van der Waals surface area (Å²) in [4.78, 5) is 10.3. The minimum Gasteiger partial charge on any atom is -0.396 e. The van der Waals surface area contributed by atoms with Crippen LogP contribution in [0, 0.1) is 10.1 Å². The third-order valence-corrected chi connectivity index (χ3v) is 3.41. The molecule has 0 heterocycles. The molecule has 0 bridgehead atoms. The Morgan fingerprint density at radius 2 is 2.25 bits per heavy atom. The Hall–Kier alpha value is -0.780. The van der Waals surface area contributed by atoms with Crippen LogP contribution >= 0.6 is 23.4 Å². The highest BCUT2D eigenvalue weighted by Crippen LogP contribution is 2.29. The van der Waals surface area contributed by atoms with Gasteiger partial charge in [0.05, 0.1) is 15.5 Å². The molecular formula is C10H12ClNO3S.